The summed E-state index contributed by atoms with van der Waals surface area (Å²) in [5.74, 6) is -0.522. The fraction of sp³-hybridized carbons (Fsp3) is 0.286. The van der Waals surface area contributed by atoms with Gasteiger partial charge in [-0.3, -0.25) is 9.59 Å². The molecule has 0 radical (unpaired) electrons. The summed E-state index contributed by atoms with van der Waals surface area (Å²) in [5, 5.41) is 14.1. The Morgan fingerprint density at radius 3 is 2.69 bits per heavy atom. The first-order valence-electron chi connectivity index (χ1n) is 9.48. The Bertz CT molecular complexity index is 1030. The molecule has 0 bridgehead atoms. The Hall–Kier alpha value is -3.55. The van der Waals surface area contributed by atoms with E-state index in [1.807, 2.05) is 56.3 Å². The van der Waals surface area contributed by atoms with Gasteiger partial charge in [0.25, 0.3) is 0 Å². The largest absolute Gasteiger partial charge is 0.338 e. The van der Waals surface area contributed by atoms with Crippen molar-refractivity contribution in [1.82, 2.24) is 25.1 Å². The first-order valence-corrected chi connectivity index (χ1v) is 9.48. The van der Waals surface area contributed by atoms with E-state index in [2.05, 4.69) is 20.8 Å². The molecule has 2 aromatic carbocycles. The van der Waals surface area contributed by atoms with Crippen molar-refractivity contribution in [2.45, 2.75) is 26.8 Å². The summed E-state index contributed by atoms with van der Waals surface area (Å²) in [6.45, 7) is 4.92. The van der Waals surface area contributed by atoms with Gasteiger partial charge in [-0.1, -0.05) is 35.9 Å². The molecule has 1 saturated heterocycles. The Labute approximate surface area is 168 Å². The minimum atomic E-state index is -0.370. The van der Waals surface area contributed by atoms with Crippen LogP contribution >= 0.6 is 0 Å². The van der Waals surface area contributed by atoms with Crippen LogP contribution in [-0.4, -0.2) is 43.5 Å². The van der Waals surface area contributed by atoms with E-state index in [9.17, 15) is 9.59 Å². The van der Waals surface area contributed by atoms with E-state index in [1.54, 1.807) is 9.58 Å². The molecule has 1 unspecified atom stereocenters. The topological polar surface area (TPSA) is 93.0 Å². The molecule has 1 aliphatic rings. The number of anilines is 1. The van der Waals surface area contributed by atoms with Gasteiger partial charge in [-0.2, -0.15) is 0 Å². The minimum absolute atomic E-state index is 0.00371. The van der Waals surface area contributed by atoms with E-state index < -0.39 is 0 Å². The lowest BCUT2D eigenvalue weighted by atomic mass is 10.1. The SMILES string of the molecule is Cc1ccc(CN2CC(C(=O)Nc3ccc(C)c(-n4cnnn4)c3)CC2=O)cc1. The molecule has 0 aliphatic carbocycles. The molecule has 29 heavy (non-hydrogen) atoms. The van der Waals surface area contributed by atoms with Gasteiger partial charge in [-0.25, -0.2) is 4.68 Å². The molecule has 4 rings (SSSR count). The molecule has 1 aliphatic heterocycles. The molecular formula is C21H22N6O2. The molecular weight excluding hydrogens is 368 g/mol. The van der Waals surface area contributed by atoms with E-state index >= 15 is 0 Å². The van der Waals surface area contributed by atoms with Crippen molar-refractivity contribution in [1.29, 1.82) is 0 Å². The molecule has 1 aromatic heterocycles. The van der Waals surface area contributed by atoms with Gasteiger partial charge in [0.05, 0.1) is 11.6 Å². The van der Waals surface area contributed by atoms with Crippen LogP contribution in [0.25, 0.3) is 5.69 Å². The third-order valence-electron chi connectivity index (χ3n) is 5.15. The molecule has 148 valence electrons. The lowest BCUT2D eigenvalue weighted by Gasteiger charge is -2.17. The number of amides is 2. The first-order chi connectivity index (χ1) is 14.0. The van der Waals surface area contributed by atoms with E-state index in [0.29, 0.717) is 18.8 Å². The van der Waals surface area contributed by atoms with Crippen molar-refractivity contribution in [3.63, 3.8) is 0 Å². The summed E-state index contributed by atoms with van der Waals surface area (Å²) in [6, 6.07) is 13.6. The predicted molar refractivity (Wildman–Crippen MR) is 107 cm³/mol. The van der Waals surface area contributed by atoms with Crippen molar-refractivity contribution in [2.75, 3.05) is 11.9 Å². The van der Waals surface area contributed by atoms with Crippen molar-refractivity contribution in [3.05, 3.63) is 65.5 Å². The summed E-state index contributed by atoms with van der Waals surface area (Å²) in [6.07, 6.45) is 1.73. The number of nitrogens with one attached hydrogen (secondary N) is 1. The van der Waals surface area contributed by atoms with E-state index in [1.165, 1.54) is 11.9 Å². The number of hydrogen-bond donors (Lipinski definition) is 1. The van der Waals surface area contributed by atoms with Gasteiger partial charge >= 0.3 is 0 Å². The van der Waals surface area contributed by atoms with Crippen LogP contribution in [0, 0.1) is 19.8 Å². The van der Waals surface area contributed by atoms with Gasteiger partial charge in [-0.05, 0) is 47.5 Å². The average molecular weight is 390 g/mol. The number of rotatable bonds is 5. The van der Waals surface area contributed by atoms with Gasteiger partial charge in [0.2, 0.25) is 11.8 Å². The predicted octanol–water partition coefficient (Wildman–Crippen LogP) is 2.27. The molecule has 0 spiro atoms. The van der Waals surface area contributed by atoms with Gasteiger partial charge in [-0.15, -0.1) is 5.10 Å². The monoisotopic (exact) mass is 390 g/mol. The van der Waals surface area contributed by atoms with Crippen molar-refractivity contribution in [2.24, 2.45) is 5.92 Å². The lowest BCUT2D eigenvalue weighted by molar-refractivity contribution is -0.128. The molecule has 2 heterocycles. The maximum atomic E-state index is 12.7. The number of nitrogens with zero attached hydrogens (tertiary/aromatic N) is 5. The normalized spacial score (nSPS) is 16.3. The van der Waals surface area contributed by atoms with Crippen molar-refractivity contribution >= 4 is 17.5 Å². The zero-order chi connectivity index (χ0) is 20.4. The Balaban J connectivity index is 1.42. The zero-order valence-corrected chi connectivity index (χ0v) is 16.4. The molecule has 8 nitrogen and oxygen atoms in total. The van der Waals surface area contributed by atoms with Crippen LogP contribution < -0.4 is 5.32 Å². The lowest BCUT2D eigenvalue weighted by Crippen LogP contribution is -2.28. The van der Waals surface area contributed by atoms with E-state index in [0.717, 1.165) is 16.8 Å². The minimum Gasteiger partial charge on any atom is -0.338 e. The Kier molecular flexibility index (Phi) is 5.07. The maximum absolute atomic E-state index is 12.7. The molecule has 0 saturated carbocycles. The molecule has 1 N–H and O–H groups in total. The first kappa shape index (κ1) is 18.8. The number of aryl methyl sites for hydroxylation is 2. The van der Waals surface area contributed by atoms with Crippen LogP contribution in [0.4, 0.5) is 5.69 Å². The highest BCUT2D eigenvalue weighted by Crippen LogP contribution is 2.24. The number of carbonyl (C=O) groups excluding carboxylic acids is 2. The van der Waals surface area contributed by atoms with Gasteiger partial charge in [0, 0.05) is 25.2 Å². The molecule has 2 amide bonds. The van der Waals surface area contributed by atoms with Gasteiger partial charge in [0.1, 0.15) is 6.33 Å². The summed E-state index contributed by atoms with van der Waals surface area (Å²) < 4.78 is 1.55. The molecule has 1 atom stereocenters. The zero-order valence-electron chi connectivity index (χ0n) is 16.4. The molecule has 8 heteroatoms. The Morgan fingerprint density at radius 2 is 1.97 bits per heavy atom. The highest BCUT2D eigenvalue weighted by atomic mass is 16.2. The van der Waals surface area contributed by atoms with Crippen LogP contribution in [0.15, 0.2) is 48.8 Å². The summed E-state index contributed by atoms with van der Waals surface area (Å²) in [4.78, 5) is 26.9. The quantitative estimate of drug-likeness (QED) is 0.721. The number of carbonyl (C=O) groups is 2. The second-order valence-electron chi connectivity index (χ2n) is 7.41. The highest BCUT2D eigenvalue weighted by Gasteiger charge is 2.34. The second kappa shape index (κ2) is 7.83. The van der Waals surface area contributed by atoms with Crippen molar-refractivity contribution < 1.29 is 9.59 Å². The van der Waals surface area contributed by atoms with Crippen LogP contribution in [-0.2, 0) is 16.1 Å². The number of benzene rings is 2. The van der Waals surface area contributed by atoms with Gasteiger partial charge < -0.3 is 10.2 Å². The highest BCUT2D eigenvalue weighted by molar-refractivity contribution is 5.97. The number of tetrazole rings is 1. The number of aromatic nitrogens is 4. The smallest absolute Gasteiger partial charge is 0.229 e. The molecule has 1 fully saturated rings. The average Bonchev–Trinajstić information content (AvgIpc) is 3.36. The van der Waals surface area contributed by atoms with Crippen LogP contribution in [0.5, 0.6) is 0 Å². The van der Waals surface area contributed by atoms with Gasteiger partial charge in [0.15, 0.2) is 0 Å². The summed E-state index contributed by atoms with van der Waals surface area (Å²) in [7, 11) is 0. The summed E-state index contributed by atoms with van der Waals surface area (Å²) in [5.41, 5.74) is 4.66. The maximum Gasteiger partial charge on any atom is 0.229 e. The van der Waals surface area contributed by atoms with Crippen LogP contribution in [0.2, 0.25) is 0 Å². The standard InChI is InChI=1S/C21H22N6O2/c1-14-3-6-16(7-4-14)11-26-12-17(9-20(26)28)21(29)23-18-8-5-15(2)19(10-18)27-13-22-24-25-27/h3-8,10,13,17H,9,11-12H2,1-2H3,(H,23,29). The van der Waals surface area contributed by atoms with E-state index in [4.69, 9.17) is 0 Å². The number of hydrogen-bond acceptors (Lipinski definition) is 5. The second-order valence-corrected chi connectivity index (χ2v) is 7.41. The molecule has 3 aromatic rings. The Morgan fingerprint density at radius 1 is 1.17 bits per heavy atom. The third kappa shape index (κ3) is 4.16. The third-order valence-corrected chi connectivity index (χ3v) is 5.15. The fourth-order valence-corrected chi connectivity index (χ4v) is 3.46. The van der Waals surface area contributed by atoms with Crippen LogP contribution in [0.3, 0.4) is 0 Å². The fourth-order valence-electron chi connectivity index (χ4n) is 3.46. The number of likely N-dealkylation sites (tertiary alicyclic amines) is 1. The van der Waals surface area contributed by atoms with Crippen LogP contribution in [0.1, 0.15) is 23.1 Å². The summed E-state index contributed by atoms with van der Waals surface area (Å²) >= 11 is 0. The van der Waals surface area contributed by atoms with E-state index in [-0.39, 0.29) is 24.2 Å². The van der Waals surface area contributed by atoms with Crippen molar-refractivity contribution in [3.8, 4) is 5.69 Å².